The molecule has 3 aromatic rings. The lowest BCUT2D eigenvalue weighted by Crippen LogP contribution is -2.53. The van der Waals surface area contributed by atoms with E-state index in [4.69, 9.17) is 9.47 Å². The minimum atomic E-state index is -0.952. The van der Waals surface area contributed by atoms with Crippen LogP contribution in [0.5, 0.6) is 5.75 Å². The van der Waals surface area contributed by atoms with Gasteiger partial charge in [0.25, 0.3) is 5.91 Å². The van der Waals surface area contributed by atoms with Crippen molar-refractivity contribution >= 4 is 34.7 Å². The molecule has 5 rings (SSSR count). The zero-order valence-corrected chi connectivity index (χ0v) is 23.1. The molecule has 40 heavy (non-hydrogen) atoms. The Balaban J connectivity index is 1.36. The second-order valence-electron chi connectivity index (χ2n) is 11.5. The highest BCUT2D eigenvalue weighted by molar-refractivity contribution is 5.98. The van der Waals surface area contributed by atoms with Crippen molar-refractivity contribution in [1.29, 1.82) is 0 Å². The average Bonchev–Trinajstić information content (AvgIpc) is 3.62. The number of ether oxygens (including phenoxy) is 2. The topological polar surface area (TPSA) is 130 Å². The van der Waals surface area contributed by atoms with E-state index < -0.39 is 23.3 Å². The third kappa shape index (κ3) is 5.80. The van der Waals surface area contributed by atoms with Gasteiger partial charge in [-0.2, -0.15) is 0 Å². The summed E-state index contributed by atoms with van der Waals surface area (Å²) in [5.41, 5.74) is 2.14. The molecule has 1 aromatic heterocycles. The number of carbonyl (C=O) groups excluding carboxylic acids is 2. The van der Waals surface area contributed by atoms with Crippen LogP contribution >= 0.6 is 0 Å². The first-order valence-corrected chi connectivity index (χ1v) is 13.4. The summed E-state index contributed by atoms with van der Waals surface area (Å²) in [4.78, 5) is 43.2. The van der Waals surface area contributed by atoms with Crippen LogP contribution in [-0.2, 0) is 10.3 Å². The van der Waals surface area contributed by atoms with Gasteiger partial charge in [-0.25, -0.2) is 9.59 Å². The SMILES string of the molecule is Cc1ccc(OCC2CCN2C(=O)O)cc1C(=O)NC1(c2cc(NC(=O)OC(C)(C)C)cc3ncccc23)CC1. The quantitative estimate of drug-likeness (QED) is 0.360. The molecule has 210 valence electrons. The van der Waals surface area contributed by atoms with Crippen LogP contribution in [0.25, 0.3) is 10.9 Å². The monoisotopic (exact) mass is 546 g/mol. The molecule has 0 radical (unpaired) electrons. The number of likely N-dealkylation sites (tertiary alicyclic amines) is 1. The van der Waals surface area contributed by atoms with Crippen LogP contribution in [0.4, 0.5) is 15.3 Å². The Kier molecular flexibility index (Phi) is 7.03. The van der Waals surface area contributed by atoms with Gasteiger partial charge in [0.15, 0.2) is 0 Å². The van der Waals surface area contributed by atoms with Gasteiger partial charge in [-0.05, 0) is 88.4 Å². The molecule has 1 aliphatic heterocycles. The molecule has 10 heteroatoms. The summed E-state index contributed by atoms with van der Waals surface area (Å²) in [5, 5.41) is 16.2. The molecule has 0 spiro atoms. The summed E-state index contributed by atoms with van der Waals surface area (Å²) in [5.74, 6) is 0.273. The molecule has 1 saturated heterocycles. The zero-order valence-electron chi connectivity index (χ0n) is 23.1. The molecule has 1 unspecified atom stereocenters. The minimum Gasteiger partial charge on any atom is -0.491 e. The van der Waals surface area contributed by atoms with E-state index in [1.165, 1.54) is 4.90 Å². The van der Waals surface area contributed by atoms with E-state index >= 15 is 0 Å². The van der Waals surface area contributed by atoms with Crippen molar-refractivity contribution < 1.29 is 29.0 Å². The molecule has 10 nitrogen and oxygen atoms in total. The van der Waals surface area contributed by atoms with Crippen molar-refractivity contribution in [1.82, 2.24) is 15.2 Å². The number of carboxylic acid groups (broad SMARTS) is 1. The lowest BCUT2D eigenvalue weighted by Gasteiger charge is -2.38. The number of nitrogens with one attached hydrogen (secondary N) is 2. The number of carbonyl (C=O) groups is 3. The number of pyridine rings is 1. The van der Waals surface area contributed by atoms with Gasteiger partial charge < -0.3 is 24.8 Å². The van der Waals surface area contributed by atoms with Gasteiger partial charge in [0, 0.05) is 29.4 Å². The summed E-state index contributed by atoms with van der Waals surface area (Å²) in [6.45, 7) is 8.00. The maximum Gasteiger partial charge on any atom is 0.412 e. The zero-order chi connectivity index (χ0) is 28.7. The first kappa shape index (κ1) is 27.2. The Bertz CT molecular complexity index is 1480. The molecule has 1 atom stereocenters. The summed E-state index contributed by atoms with van der Waals surface area (Å²) < 4.78 is 11.3. The first-order valence-electron chi connectivity index (χ1n) is 13.4. The van der Waals surface area contributed by atoms with Crippen molar-refractivity contribution in [3.05, 3.63) is 65.4 Å². The van der Waals surface area contributed by atoms with Crippen LogP contribution in [-0.4, -0.2) is 57.9 Å². The van der Waals surface area contributed by atoms with E-state index in [-0.39, 0.29) is 18.6 Å². The van der Waals surface area contributed by atoms with E-state index in [9.17, 15) is 19.5 Å². The van der Waals surface area contributed by atoms with Crippen molar-refractivity contribution in [2.45, 2.75) is 64.1 Å². The normalized spacial score (nSPS) is 17.5. The molecule has 2 aliphatic rings. The Morgan fingerprint density at radius 2 is 1.93 bits per heavy atom. The van der Waals surface area contributed by atoms with Crippen LogP contribution in [0.15, 0.2) is 48.7 Å². The van der Waals surface area contributed by atoms with Crippen molar-refractivity contribution in [3.63, 3.8) is 0 Å². The third-order valence-electron chi connectivity index (χ3n) is 7.27. The van der Waals surface area contributed by atoms with Gasteiger partial charge in [-0.15, -0.1) is 0 Å². The van der Waals surface area contributed by atoms with Gasteiger partial charge in [0.05, 0.1) is 17.1 Å². The molecular formula is C30H34N4O6. The third-order valence-corrected chi connectivity index (χ3v) is 7.27. The number of amides is 3. The molecule has 2 aromatic carbocycles. The number of benzene rings is 2. The fourth-order valence-electron chi connectivity index (χ4n) is 4.94. The summed E-state index contributed by atoms with van der Waals surface area (Å²) in [7, 11) is 0. The first-order chi connectivity index (χ1) is 18.9. The summed E-state index contributed by atoms with van der Waals surface area (Å²) in [6.07, 6.45) is 2.39. The maximum absolute atomic E-state index is 13.6. The number of aryl methyl sites for hydroxylation is 1. The number of nitrogens with zero attached hydrogens (tertiary/aromatic N) is 2. The van der Waals surface area contributed by atoms with Crippen LogP contribution in [0.2, 0.25) is 0 Å². The van der Waals surface area contributed by atoms with Gasteiger partial charge >= 0.3 is 12.2 Å². The Morgan fingerprint density at radius 3 is 2.58 bits per heavy atom. The Labute approximate surface area is 232 Å². The van der Waals surface area contributed by atoms with E-state index in [1.807, 2.05) is 31.2 Å². The molecule has 2 fully saturated rings. The lowest BCUT2D eigenvalue weighted by atomic mass is 9.97. The van der Waals surface area contributed by atoms with Crippen LogP contribution in [0.3, 0.4) is 0 Å². The Morgan fingerprint density at radius 1 is 1.15 bits per heavy atom. The predicted molar refractivity (Wildman–Crippen MR) is 150 cm³/mol. The van der Waals surface area contributed by atoms with Crippen LogP contribution in [0, 0.1) is 6.92 Å². The molecule has 2 heterocycles. The highest BCUT2D eigenvalue weighted by Crippen LogP contribution is 2.49. The highest BCUT2D eigenvalue weighted by Gasteiger charge is 2.47. The number of fused-ring (bicyclic) bond motifs is 1. The maximum atomic E-state index is 13.6. The minimum absolute atomic E-state index is 0.186. The second-order valence-corrected chi connectivity index (χ2v) is 11.5. The lowest BCUT2D eigenvalue weighted by molar-refractivity contribution is 0.0499. The van der Waals surface area contributed by atoms with Gasteiger partial charge in [0.1, 0.15) is 18.0 Å². The van der Waals surface area contributed by atoms with Gasteiger partial charge in [0.2, 0.25) is 0 Å². The van der Waals surface area contributed by atoms with Crippen LogP contribution < -0.4 is 15.4 Å². The van der Waals surface area contributed by atoms with E-state index in [2.05, 4.69) is 15.6 Å². The fourth-order valence-corrected chi connectivity index (χ4v) is 4.94. The van der Waals surface area contributed by atoms with Crippen molar-refractivity contribution in [2.75, 3.05) is 18.5 Å². The van der Waals surface area contributed by atoms with Crippen molar-refractivity contribution in [3.8, 4) is 5.75 Å². The molecule has 0 bridgehead atoms. The number of aromatic nitrogens is 1. The number of hydrogen-bond acceptors (Lipinski definition) is 6. The van der Waals surface area contributed by atoms with Gasteiger partial charge in [-0.3, -0.25) is 15.1 Å². The molecular weight excluding hydrogens is 512 g/mol. The molecule has 1 aliphatic carbocycles. The van der Waals surface area contributed by atoms with Gasteiger partial charge in [-0.1, -0.05) is 12.1 Å². The Hall–Kier alpha value is -4.34. The second kappa shape index (κ2) is 10.3. The smallest absolute Gasteiger partial charge is 0.412 e. The van der Waals surface area contributed by atoms with E-state index in [0.717, 1.165) is 35.8 Å². The van der Waals surface area contributed by atoms with E-state index in [1.54, 1.807) is 45.2 Å². The molecule has 1 saturated carbocycles. The molecule has 3 N–H and O–H groups in total. The molecule has 3 amide bonds. The summed E-state index contributed by atoms with van der Waals surface area (Å²) >= 11 is 0. The fraction of sp³-hybridized carbons (Fsp3) is 0.400. The number of rotatable bonds is 7. The predicted octanol–water partition coefficient (Wildman–Crippen LogP) is 5.44. The summed E-state index contributed by atoms with van der Waals surface area (Å²) in [6, 6.07) is 12.6. The van der Waals surface area contributed by atoms with E-state index in [0.29, 0.717) is 29.1 Å². The number of hydrogen-bond donors (Lipinski definition) is 3. The number of anilines is 1. The largest absolute Gasteiger partial charge is 0.491 e. The van der Waals surface area contributed by atoms with Crippen molar-refractivity contribution in [2.24, 2.45) is 0 Å². The van der Waals surface area contributed by atoms with Crippen LogP contribution in [0.1, 0.15) is 61.5 Å². The average molecular weight is 547 g/mol. The highest BCUT2D eigenvalue weighted by atomic mass is 16.6. The standard InChI is InChI=1S/C30H34N4O6/c1-18-7-8-21(39-17-20-9-13-34(20)28(37)38)16-23(18)26(35)33-30(10-11-30)24-14-19(32-27(36)40-29(2,3)4)15-25-22(24)6-5-12-31-25/h5-8,12,14-16,20H,9-11,13,17H2,1-4H3,(H,32,36)(H,33,35)(H,37,38).